The molecule has 0 saturated carbocycles. The van der Waals surface area contributed by atoms with Crippen LogP contribution in [0, 0.1) is 11.8 Å². The summed E-state index contributed by atoms with van der Waals surface area (Å²) in [5, 5.41) is 13.8. The van der Waals surface area contributed by atoms with Crippen LogP contribution in [0.5, 0.6) is 0 Å². The van der Waals surface area contributed by atoms with Gasteiger partial charge in [0, 0.05) is 23.7 Å². The summed E-state index contributed by atoms with van der Waals surface area (Å²) in [5.41, 5.74) is 1.64. The molecule has 3 aromatic rings. The van der Waals surface area contributed by atoms with Gasteiger partial charge < -0.3 is 5.32 Å². The smallest absolute Gasteiger partial charge is 0.224 e. The molecule has 3 aliphatic rings. The molecule has 0 radical (unpaired) electrons. The number of thiophene rings is 1. The fraction of sp³-hybridized carbons (Fsp3) is 0.429. The van der Waals surface area contributed by atoms with Gasteiger partial charge >= 0.3 is 0 Å². The minimum atomic E-state index is 0.0970. The Morgan fingerprint density at radius 1 is 1.24 bits per heavy atom. The van der Waals surface area contributed by atoms with E-state index < -0.39 is 0 Å². The van der Waals surface area contributed by atoms with Crippen molar-refractivity contribution >= 4 is 17.2 Å². The molecule has 6 rings (SSSR count). The zero-order chi connectivity index (χ0) is 19.6. The first-order valence-electron chi connectivity index (χ1n) is 10.1. The third-order valence-electron chi connectivity index (χ3n) is 6.10. The highest BCUT2D eigenvalue weighted by Gasteiger charge is 2.43. The molecule has 3 saturated heterocycles. The Morgan fingerprint density at radius 3 is 2.97 bits per heavy atom. The molecule has 150 valence electrons. The number of aromatic nitrogens is 4. The van der Waals surface area contributed by atoms with Gasteiger partial charge in [0.1, 0.15) is 5.69 Å². The summed E-state index contributed by atoms with van der Waals surface area (Å²) >= 11 is 1.68. The molecule has 8 heteroatoms. The minimum Gasteiger partial charge on any atom is -0.351 e. The van der Waals surface area contributed by atoms with E-state index in [1.807, 2.05) is 40.5 Å². The van der Waals surface area contributed by atoms with Crippen molar-refractivity contribution in [2.75, 3.05) is 13.1 Å². The monoisotopic (exact) mass is 408 g/mol. The van der Waals surface area contributed by atoms with Crippen molar-refractivity contribution < 1.29 is 4.79 Å². The Balaban J connectivity index is 1.19. The second-order valence-corrected chi connectivity index (χ2v) is 8.91. The second-order valence-electron chi connectivity index (χ2n) is 7.88. The molecular formula is C21H24N6OS. The van der Waals surface area contributed by atoms with Gasteiger partial charge in [-0.25, -0.2) is 0 Å². The van der Waals surface area contributed by atoms with Crippen LogP contribution in [0.25, 0.3) is 11.4 Å². The molecule has 2 bridgehead atoms. The van der Waals surface area contributed by atoms with Crippen LogP contribution in [0.1, 0.15) is 17.7 Å². The first kappa shape index (κ1) is 18.4. The van der Waals surface area contributed by atoms with E-state index in [4.69, 9.17) is 0 Å². The van der Waals surface area contributed by atoms with Gasteiger partial charge in [0.25, 0.3) is 0 Å². The van der Waals surface area contributed by atoms with E-state index in [2.05, 4.69) is 31.6 Å². The maximum absolute atomic E-state index is 12.7. The topological polar surface area (TPSA) is 75.9 Å². The molecule has 6 heterocycles. The van der Waals surface area contributed by atoms with Gasteiger partial charge in [0.05, 0.1) is 30.9 Å². The van der Waals surface area contributed by atoms with Crippen LogP contribution in [-0.4, -0.2) is 49.9 Å². The highest BCUT2D eigenvalue weighted by atomic mass is 32.1. The van der Waals surface area contributed by atoms with Gasteiger partial charge in [0.15, 0.2) is 0 Å². The number of rotatable bonds is 6. The predicted octanol–water partition coefficient (Wildman–Crippen LogP) is 2.43. The molecule has 3 aromatic heterocycles. The lowest BCUT2D eigenvalue weighted by Gasteiger charge is -2.49. The molecule has 3 fully saturated rings. The summed E-state index contributed by atoms with van der Waals surface area (Å²) in [6.45, 7) is 3.34. The standard InChI is InChI=1S/C21H24N6OS/c28-21(23-11-17-4-3-9-29-17)18-13-26-8-6-15(18)10-16(26)12-27-14-20(24-25-27)19-5-1-2-7-22-19/h1-5,7,9,14-16,18H,6,8,10-13H2,(H,23,28)/t15-,16+,18-/m0/s1. The van der Waals surface area contributed by atoms with E-state index in [0.717, 1.165) is 43.9 Å². The molecule has 3 aliphatic heterocycles. The number of amides is 1. The molecule has 1 unspecified atom stereocenters. The molecule has 7 nitrogen and oxygen atoms in total. The molecule has 1 N–H and O–H groups in total. The van der Waals surface area contributed by atoms with Gasteiger partial charge in [-0.1, -0.05) is 17.3 Å². The molecule has 1 amide bonds. The molecule has 0 spiro atoms. The maximum Gasteiger partial charge on any atom is 0.224 e. The first-order chi connectivity index (χ1) is 14.3. The van der Waals surface area contributed by atoms with E-state index in [0.29, 0.717) is 18.5 Å². The molecule has 0 aromatic carbocycles. The van der Waals surface area contributed by atoms with Gasteiger partial charge in [-0.3, -0.25) is 19.4 Å². The Labute approximate surface area is 173 Å². The number of piperidine rings is 3. The van der Waals surface area contributed by atoms with E-state index in [1.165, 1.54) is 4.88 Å². The van der Waals surface area contributed by atoms with Crippen LogP contribution in [0.15, 0.2) is 48.1 Å². The third-order valence-corrected chi connectivity index (χ3v) is 6.97. The van der Waals surface area contributed by atoms with E-state index in [1.54, 1.807) is 17.5 Å². The highest BCUT2D eigenvalue weighted by Crippen LogP contribution is 2.37. The number of hydrogen-bond donors (Lipinski definition) is 1. The quantitative estimate of drug-likeness (QED) is 0.678. The maximum atomic E-state index is 12.7. The lowest BCUT2D eigenvalue weighted by Crippen LogP contribution is -2.57. The minimum absolute atomic E-state index is 0.0970. The van der Waals surface area contributed by atoms with Crippen LogP contribution < -0.4 is 5.32 Å². The van der Waals surface area contributed by atoms with E-state index >= 15 is 0 Å². The lowest BCUT2D eigenvalue weighted by atomic mass is 9.75. The van der Waals surface area contributed by atoms with Gasteiger partial charge in [-0.05, 0) is 48.9 Å². The lowest BCUT2D eigenvalue weighted by molar-refractivity contribution is -0.133. The average molecular weight is 409 g/mol. The molecule has 0 aliphatic carbocycles. The predicted molar refractivity (Wildman–Crippen MR) is 111 cm³/mol. The highest BCUT2D eigenvalue weighted by molar-refractivity contribution is 7.09. The van der Waals surface area contributed by atoms with Crippen molar-refractivity contribution in [3.63, 3.8) is 0 Å². The van der Waals surface area contributed by atoms with E-state index in [-0.39, 0.29) is 11.8 Å². The molecular weight excluding hydrogens is 384 g/mol. The summed E-state index contributed by atoms with van der Waals surface area (Å²) in [6, 6.07) is 10.3. The SMILES string of the molecule is O=C(NCc1cccs1)[C@H]1CN2CC[C@H]1C[C@@H]2Cn1cc(-c2ccccn2)nn1. The van der Waals surface area contributed by atoms with Gasteiger partial charge in [0.2, 0.25) is 5.91 Å². The van der Waals surface area contributed by atoms with E-state index in [9.17, 15) is 4.79 Å². The number of hydrogen-bond acceptors (Lipinski definition) is 6. The van der Waals surface area contributed by atoms with Crippen molar-refractivity contribution in [3.05, 3.63) is 53.0 Å². The fourth-order valence-electron chi connectivity index (χ4n) is 4.58. The zero-order valence-corrected chi connectivity index (χ0v) is 17.0. The molecule has 29 heavy (non-hydrogen) atoms. The van der Waals surface area contributed by atoms with Crippen molar-refractivity contribution in [1.82, 2.24) is 30.2 Å². The summed E-state index contributed by atoms with van der Waals surface area (Å²) < 4.78 is 1.92. The Morgan fingerprint density at radius 2 is 2.21 bits per heavy atom. The average Bonchev–Trinajstić information content (AvgIpc) is 3.45. The number of carbonyl (C=O) groups is 1. The Kier molecular flexibility index (Phi) is 5.12. The van der Waals surface area contributed by atoms with Crippen molar-refractivity contribution in [3.8, 4) is 11.4 Å². The summed E-state index contributed by atoms with van der Waals surface area (Å²) in [4.78, 5) is 20.7. The van der Waals surface area contributed by atoms with Crippen LogP contribution in [0.2, 0.25) is 0 Å². The number of pyridine rings is 1. The summed E-state index contributed by atoms with van der Waals surface area (Å²) in [5.74, 6) is 0.747. The van der Waals surface area contributed by atoms with Crippen molar-refractivity contribution in [2.24, 2.45) is 11.8 Å². The summed E-state index contributed by atoms with van der Waals surface area (Å²) in [6.07, 6.45) is 5.88. The number of nitrogens with one attached hydrogen (secondary N) is 1. The normalized spacial score (nSPS) is 25.8. The Bertz CT molecular complexity index is 957. The summed E-state index contributed by atoms with van der Waals surface area (Å²) in [7, 11) is 0. The number of carbonyl (C=O) groups excluding carboxylic acids is 1. The Hall–Kier alpha value is -2.58. The third kappa shape index (κ3) is 3.95. The molecule has 4 atom stereocenters. The first-order valence-corrected chi connectivity index (χ1v) is 11.0. The van der Waals surface area contributed by atoms with Crippen LogP contribution in [-0.2, 0) is 17.9 Å². The van der Waals surface area contributed by atoms with Crippen LogP contribution >= 0.6 is 11.3 Å². The van der Waals surface area contributed by atoms with Crippen LogP contribution in [0.4, 0.5) is 0 Å². The van der Waals surface area contributed by atoms with Gasteiger partial charge in [-0.15, -0.1) is 16.4 Å². The van der Waals surface area contributed by atoms with Crippen molar-refractivity contribution in [1.29, 1.82) is 0 Å². The largest absolute Gasteiger partial charge is 0.351 e. The second kappa shape index (κ2) is 8.04. The van der Waals surface area contributed by atoms with Crippen LogP contribution in [0.3, 0.4) is 0 Å². The van der Waals surface area contributed by atoms with Crippen molar-refractivity contribution in [2.45, 2.75) is 32.0 Å². The fourth-order valence-corrected chi connectivity index (χ4v) is 5.22. The van der Waals surface area contributed by atoms with Gasteiger partial charge in [-0.2, -0.15) is 0 Å². The zero-order valence-electron chi connectivity index (χ0n) is 16.1. The number of nitrogens with zero attached hydrogens (tertiary/aromatic N) is 5. The number of fused-ring (bicyclic) bond motifs is 3.